The zero-order chi connectivity index (χ0) is 15.4. The number of nitro benzene ring substituents is 1. The Kier molecular flexibility index (Phi) is 4.64. The van der Waals surface area contributed by atoms with Gasteiger partial charge in [-0.2, -0.15) is 0 Å². The molecule has 0 saturated carbocycles. The average Bonchev–Trinajstić information content (AvgIpc) is 2.45. The molecule has 0 unspecified atom stereocenters. The van der Waals surface area contributed by atoms with Gasteiger partial charge in [0.25, 0.3) is 11.6 Å². The van der Waals surface area contributed by atoms with Crippen molar-refractivity contribution in [2.24, 2.45) is 0 Å². The van der Waals surface area contributed by atoms with E-state index in [-0.39, 0.29) is 17.8 Å². The molecular weight excluding hydrogens is 343 g/mol. The van der Waals surface area contributed by atoms with E-state index in [4.69, 9.17) is 0 Å². The zero-order valence-corrected chi connectivity index (χ0v) is 12.3. The Labute approximate surface area is 128 Å². The lowest BCUT2D eigenvalue weighted by Crippen LogP contribution is -2.23. The highest BCUT2D eigenvalue weighted by atomic mass is 79.9. The summed E-state index contributed by atoms with van der Waals surface area (Å²) < 4.78 is 14.2. The van der Waals surface area contributed by atoms with Crippen LogP contribution in [0.15, 0.2) is 46.9 Å². The van der Waals surface area contributed by atoms with Gasteiger partial charge >= 0.3 is 0 Å². The molecule has 1 amide bonds. The van der Waals surface area contributed by atoms with Gasteiger partial charge in [0.1, 0.15) is 5.82 Å². The number of carbonyl (C=O) groups is 1. The summed E-state index contributed by atoms with van der Waals surface area (Å²) in [6, 6.07) is 10.0. The highest BCUT2D eigenvalue weighted by Gasteiger charge is 2.12. The smallest absolute Gasteiger partial charge is 0.269 e. The minimum atomic E-state index is -0.638. The van der Waals surface area contributed by atoms with E-state index in [1.165, 1.54) is 30.3 Å². The van der Waals surface area contributed by atoms with E-state index >= 15 is 0 Å². The number of nitro groups is 1. The predicted molar refractivity (Wildman–Crippen MR) is 78.4 cm³/mol. The van der Waals surface area contributed by atoms with Crippen molar-refractivity contribution in [2.75, 3.05) is 0 Å². The molecule has 0 aliphatic rings. The molecule has 0 spiro atoms. The molecule has 0 aliphatic carbocycles. The number of non-ortho nitro benzene ring substituents is 1. The number of carbonyl (C=O) groups excluding carboxylic acids is 1. The Morgan fingerprint density at radius 3 is 2.71 bits per heavy atom. The maximum Gasteiger partial charge on any atom is 0.269 e. The van der Waals surface area contributed by atoms with Crippen molar-refractivity contribution in [3.63, 3.8) is 0 Å². The van der Waals surface area contributed by atoms with Gasteiger partial charge in [0.2, 0.25) is 0 Å². The molecule has 0 radical (unpaired) electrons. The maximum atomic E-state index is 13.6. The molecule has 2 aromatic carbocycles. The van der Waals surface area contributed by atoms with Gasteiger partial charge in [-0.05, 0) is 23.8 Å². The first-order chi connectivity index (χ1) is 9.97. The van der Waals surface area contributed by atoms with E-state index in [2.05, 4.69) is 21.2 Å². The van der Waals surface area contributed by atoms with Crippen LogP contribution in [0.1, 0.15) is 15.9 Å². The van der Waals surface area contributed by atoms with Crippen LogP contribution in [-0.4, -0.2) is 10.8 Å². The standard InChI is InChI=1S/C14H10BrFN2O3/c15-10-4-5-12(13(16)7-10)14(19)17-8-9-2-1-3-11(6-9)18(20)21/h1-7H,8H2,(H,17,19). The highest BCUT2D eigenvalue weighted by Crippen LogP contribution is 2.16. The van der Waals surface area contributed by atoms with Gasteiger partial charge in [-0.1, -0.05) is 28.1 Å². The molecule has 2 rings (SSSR count). The van der Waals surface area contributed by atoms with Crippen molar-refractivity contribution in [3.05, 3.63) is 74.0 Å². The molecule has 7 heteroatoms. The van der Waals surface area contributed by atoms with Gasteiger partial charge in [0.05, 0.1) is 10.5 Å². The van der Waals surface area contributed by atoms with Gasteiger partial charge < -0.3 is 5.32 Å². The molecule has 5 nitrogen and oxygen atoms in total. The lowest BCUT2D eigenvalue weighted by atomic mass is 10.1. The summed E-state index contributed by atoms with van der Waals surface area (Å²) in [5.41, 5.74) is 0.426. The first-order valence-electron chi connectivity index (χ1n) is 5.94. The van der Waals surface area contributed by atoms with Gasteiger partial charge in [-0.25, -0.2) is 4.39 Å². The van der Waals surface area contributed by atoms with Crippen molar-refractivity contribution in [3.8, 4) is 0 Å². The zero-order valence-electron chi connectivity index (χ0n) is 10.7. The Balaban J connectivity index is 2.07. The van der Waals surface area contributed by atoms with Crippen molar-refractivity contribution in [1.82, 2.24) is 5.32 Å². The molecule has 0 aromatic heterocycles. The predicted octanol–water partition coefficient (Wildman–Crippen LogP) is 3.43. The van der Waals surface area contributed by atoms with Crippen molar-refractivity contribution in [2.45, 2.75) is 6.54 Å². The molecule has 0 saturated heterocycles. The number of rotatable bonds is 4. The molecule has 21 heavy (non-hydrogen) atoms. The largest absolute Gasteiger partial charge is 0.348 e. The summed E-state index contributed by atoms with van der Waals surface area (Å²) in [6.07, 6.45) is 0. The second-order valence-corrected chi connectivity index (χ2v) is 5.15. The summed E-state index contributed by atoms with van der Waals surface area (Å²) in [5.74, 6) is -1.22. The lowest BCUT2D eigenvalue weighted by Gasteiger charge is -2.06. The van der Waals surface area contributed by atoms with Crippen molar-refractivity contribution < 1.29 is 14.1 Å². The average molecular weight is 353 g/mol. The fourth-order valence-corrected chi connectivity index (χ4v) is 2.06. The van der Waals surface area contributed by atoms with Crippen LogP contribution in [-0.2, 0) is 6.54 Å². The topological polar surface area (TPSA) is 72.2 Å². The van der Waals surface area contributed by atoms with Gasteiger partial charge in [0.15, 0.2) is 0 Å². The minimum absolute atomic E-state index is 0.0587. The summed E-state index contributed by atoms with van der Waals surface area (Å²) >= 11 is 3.11. The lowest BCUT2D eigenvalue weighted by molar-refractivity contribution is -0.384. The minimum Gasteiger partial charge on any atom is -0.348 e. The van der Waals surface area contributed by atoms with Crippen LogP contribution in [0.3, 0.4) is 0 Å². The number of hydrogen-bond donors (Lipinski definition) is 1. The second-order valence-electron chi connectivity index (χ2n) is 4.23. The molecule has 2 aromatic rings. The van der Waals surface area contributed by atoms with E-state index in [1.54, 1.807) is 12.1 Å². The molecular formula is C14H10BrFN2O3. The van der Waals surface area contributed by atoms with Gasteiger partial charge in [-0.3, -0.25) is 14.9 Å². The highest BCUT2D eigenvalue weighted by molar-refractivity contribution is 9.10. The van der Waals surface area contributed by atoms with Crippen LogP contribution in [0.4, 0.5) is 10.1 Å². The molecule has 0 atom stereocenters. The Hall–Kier alpha value is -2.28. The quantitative estimate of drug-likeness (QED) is 0.676. The van der Waals surface area contributed by atoms with Crippen LogP contribution in [0.25, 0.3) is 0 Å². The summed E-state index contributed by atoms with van der Waals surface area (Å²) in [7, 11) is 0. The van der Waals surface area contributed by atoms with Crippen LogP contribution in [0, 0.1) is 15.9 Å². The Morgan fingerprint density at radius 2 is 2.05 bits per heavy atom. The summed E-state index contributed by atoms with van der Waals surface area (Å²) in [5, 5.41) is 13.2. The van der Waals surface area contributed by atoms with Crippen molar-refractivity contribution in [1.29, 1.82) is 0 Å². The normalized spacial score (nSPS) is 10.2. The molecule has 0 fully saturated rings. The Bertz CT molecular complexity index is 706. The number of amides is 1. The maximum absolute atomic E-state index is 13.6. The van der Waals surface area contributed by atoms with Crippen molar-refractivity contribution >= 4 is 27.5 Å². The number of benzene rings is 2. The molecule has 0 heterocycles. The van der Waals surface area contributed by atoms with Crippen LogP contribution >= 0.6 is 15.9 Å². The molecule has 1 N–H and O–H groups in total. The summed E-state index contributed by atoms with van der Waals surface area (Å²) in [4.78, 5) is 22.0. The number of nitrogens with zero attached hydrogens (tertiary/aromatic N) is 1. The molecule has 0 bridgehead atoms. The second kappa shape index (κ2) is 6.45. The van der Waals surface area contributed by atoms with Crippen LogP contribution in [0.5, 0.6) is 0 Å². The van der Waals surface area contributed by atoms with Gasteiger partial charge in [-0.15, -0.1) is 0 Å². The third-order valence-corrected chi connectivity index (χ3v) is 3.24. The third-order valence-electron chi connectivity index (χ3n) is 2.75. The van der Waals surface area contributed by atoms with E-state index < -0.39 is 16.6 Å². The monoisotopic (exact) mass is 352 g/mol. The molecule has 0 aliphatic heterocycles. The SMILES string of the molecule is O=C(NCc1cccc([N+](=O)[O-])c1)c1ccc(Br)cc1F. The third kappa shape index (κ3) is 3.85. The van der Waals surface area contributed by atoms with E-state index in [0.29, 0.717) is 10.0 Å². The van der Waals surface area contributed by atoms with E-state index in [0.717, 1.165) is 0 Å². The fraction of sp³-hybridized carbons (Fsp3) is 0.0714. The first-order valence-corrected chi connectivity index (χ1v) is 6.73. The van der Waals surface area contributed by atoms with Crippen LogP contribution in [0.2, 0.25) is 0 Å². The fourth-order valence-electron chi connectivity index (χ4n) is 1.73. The summed E-state index contributed by atoms with van der Waals surface area (Å²) in [6.45, 7) is 0.0794. The molecule has 108 valence electrons. The van der Waals surface area contributed by atoms with E-state index in [9.17, 15) is 19.3 Å². The van der Waals surface area contributed by atoms with Gasteiger partial charge in [0, 0.05) is 23.2 Å². The van der Waals surface area contributed by atoms with E-state index in [1.807, 2.05) is 0 Å². The number of halogens is 2. The van der Waals surface area contributed by atoms with Crippen LogP contribution < -0.4 is 5.32 Å². The number of hydrogen-bond acceptors (Lipinski definition) is 3. The first kappa shape index (κ1) is 15.1. The number of nitrogens with one attached hydrogen (secondary N) is 1. The Morgan fingerprint density at radius 1 is 1.29 bits per heavy atom.